The lowest BCUT2D eigenvalue weighted by molar-refractivity contribution is 0.175. The summed E-state index contributed by atoms with van der Waals surface area (Å²) in [5, 5.41) is 0.738. The maximum atomic E-state index is 5.97. The molecule has 2 aliphatic rings. The van der Waals surface area contributed by atoms with E-state index < -0.39 is 0 Å². The van der Waals surface area contributed by atoms with E-state index in [1.807, 2.05) is 36.5 Å². The van der Waals surface area contributed by atoms with Crippen LogP contribution in [-0.4, -0.2) is 42.1 Å². The molecule has 3 aromatic rings. The average molecular weight is 442 g/mol. The summed E-state index contributed by atoms with van der Waals surface area (Å²) in [5.74, 6) is 6.43. The Bertz CT molecular complexity index is 1090. The Morgan fingerprint density at radius 1 is 0.781 bits per heavy atom. The average Bonchev–Trinajstić information content (AvgIpc) is 3.35. The lowest BCUT2D eigenvalue weighted by Gasteiger charge is -2.32. The molecule has 162 valence electrons. The number of likely N-dealkylation sites (tertiary alicyclic amines) is 1. The largest absolute Gasteiger partial charge is 0.370 e. The first kappa shape index (κ1) is 21.1. The molecule has 1 atom stereocenters. The van der Waals surface area contributed by atoms with Crippen molar-refractivity contribution in [2.75, 3.05) is 31.1 Å². The van der Waals surface area contributed by atoms with Crippen LogP contribution in [0.3, 0.4) is 0 Å². The molecule has 0 bridgehead atoms. The van der Waals surface area contributed by atoms with Crippen molar-refractivity contribution in [3.05, 3.63) is 83.1 Å². The molecule has 1 aromatic heterocycles. The zero-order valence-electron chi connectivity index (χ0n) is 18.3. The van der Waals surface area contributed by atoms with Gasteiger partial charge in [0.1, 0.15) is 5.69 Å². The number of aromatic nitrogens is 1. The molecule has 2 saturated heterocycles. The Morgan fingerprint density at radius 3 is 2.25 bits per heavy atom. The van der Waals surface area contributed by atoms with Crippen LogP contribution in [0.25, 0.3) is 11.1 Å². The molecule has 0 amide bonds. The first-order valence-electron chi connectivity index (χ1n) is 11.6. The van der Waals surface area contributed by atoms with Crippen LogP contribution in [0.1, 0.15) is 36.9 Å². The number of anilines is 1. The molecule has 0 spiro atoms. The highest BCUT2D eigenvalue weighted by molar-refractivity contribution is 6.30. The third-order valence-electron chi connectivity index (χ3n) is 6.58. The van der Waals surface area contributed by atoms with Gasteiger partial charge in [0.25, 0.3) is 0 Å². The van der Waals surface area contributed by atoms with E-state index in [9.17, 15) is 0 Å². The van der Waals surface area contributed by atoms with E-state index in [4.69, 9.17) is 11.6 Å². The predicted octanol–water partition coefficient (Wildman–Crippen LogP) is 5.87. The monoisotopic (exact) mass is 441 g/mol. The zero-order chi connectivity index (χ0) is 21.8. The summed E-state index contributed by atoms with van der Waals surface area (Å²) >= 11 is 5.97. The third-order valence-corrected chi connectivity index (χ3v) is 6.83. The summed E-state index contributed by atoms with van der Waals surface area (Å²) < 4.78 is 0. The second-order valence-corrected chi connectivity index (χ2v) is 9.16. The van der Waals surface area contributed by atoms with Crippen LogP contribution in [0.4, 0.5) is 5.69 Å². The fourth-order valence-electron chi connectivity index (χ4n) is 4.73. The van der Waals surface area contributed by atoms with Crippen molar-refractivity contribution in [3.63, 3.8) is 0 Å². The van der Waals surface area contributed by atoms with E-state index in [1.165, 1.54) is 44.5 Å². The third kappa shape index (κ3) is 4.99. The molecule has 0 N–H and O–H groups in total. The maximum absolute atomic E-state index is 5.97. The van der Waals surface area contributed by atoms with E-state index >= 15 is 0 Å². The van der Waals surface area contributed by atoms with Crippen LogP contribution in [0.5, 0.6) is 0 Å². The van der Waals surface area contributed by atoms with Crippen molar-refractivity contribution >= 4 is 17.3 Å². The minimum atomic E-state index is 0.719. The number of benzene rings is 2. The molecule has 0 radical (unpaired) electrons. The maximum Gasteiger partial charge on any atom is 0.113 e. The van der Waals surface area contributed by atoms with Gasteiger partial charge in [-0.2, -0.15) is 0 Å². The molecule has 0 saturated carbocycles. The van der Waals surface area contributed by atoms with Crippen molar-refractivity contribution in [2.45, 2.75) is 31.7 Å². The lowest BCUT2D eigenvalue weighted by Crippen LogP contribution is -2.40. The first-order valence-corrected chi connectivity index (χ1v) is 12.0. The number of hydrogen-bond acceptors (Lipinski definition) is 3. The highest BCUT2D eigenvalue weighted by Gasteiger charge is 2.28. The minimum Gasteiger partial charge on any atom is -0.370 e. The molecule has 4 heteroatoms. The van der Waals surface area contributed by atoms with Gasteiger partial charge in [0.2, 0.25) is 0 Å². The van der Waals surface area contributed by atoms with Gasteiger partial charge in [0.05, 0.1) is 0 Å². The molecule has 3 heterocycles. The zero-order valence-corrected chi connectivity index (χ0v) is 19.1. The fourth-order valence-corrected chi connectivity index (χ4v) is 4.86. The summed E-state index contributed by atoms with van der Waals surface area (Å²) in [4.78, 5) is 9.73. The van der Waals surface area contributed by atoms with Gasteiger partial charge in [-0.3, -0.25) is 4.90 Å². The van der Waals surface area contributed by atoms with Gasteiger partial charge in [0.15, 0.2) is 0 Å². The van der Waals surface area contributed by atoms with Gasteiger partial charge >= 0.3 is 0 Å². The van der Waals surface area contributed by atoms with Crippen LogP contribution in [-0.2, 0) is 0 Å². The standard InChI is InChI=1S/C28H28ClN3/c29-25-10-7-23(8-11-25)24-9-13-26(30-20-24)12-4-22-5-14-27(15-6-22)32-19-16-28(21-32)31-17-2-1-3-18-31/h5-11,13-15,20,28H,1-3,16-19,21H2. The first-order chi connectivity index (χ1) is 15.7. The van der Waals surface area contributed by atoms with Gasteiger partial charge in [-0.1, -0.05) is 42.1 Å². The summed E-state index contributed by atoms with van der Waals surface area (Å²) in [6.07, 6.45) is 7.27. The van der Waals surface area contributed by atoms with E-state index in [2.05, 4.69) is 57.0 Å². The highest BCUT2D eigenvalue weighted by atomic mass is 35.5. The SMILES string of the molecule is Clc1ccc(-c2ccc(C#Cc3ccc(N4CCC(N5CCCCC5)C4)cc3)nc2)cc1. The van der Waals surface area contributed by atoms with Crippen LogP contribution < -0.4 is 4.90 Å². The molecule has 32 heavy (non-hydrogen) atoms. The van der Waals surface area contributed by atoms with Crippen LogP contribution in [0.15, 0.2) is 66.9 Å². The Morgan fingerprint density at radius 2 is 1.53 bits per heavy atom. The van der Waals surface area contributed by atoms with Gasteiger partial charge in [-0.05, 0) is 86.3 Å². The number of piperidine rings is 1. The quantitative estimate of drug-likeness (QED) is 0.474. The van der Waals surface area contributed by atoms with Crippen molar-refractivity contribution in [1.82, 2.24) is 9.88 Å². The van der Waals surface area contributed by atoms with Crippen molar-refractivity contribution < 1.29 is 0 Å². The second kappa shape index (κ2) is 9.77. The molecule has 2 fully saturated rings. The number of hydrogen-bond donors (Lipinski definition) is 0. The molecule has 1 unspecified atom stereocenters. The number of halogens is 1. The molecular formula is C28H28ClN3. The van der Waals surface area contributed by atoms with E-state index in [1.54, 1.807) is 0 Å². The Balaban J connectivity index is 1.20. The van der Waals surface area contributed by atoms with E-state index in [-0.39, 0.29) is 0 Å². The summed E-state index contributed by atoms with van der Waals surface area (Å²) in [6, 6.07) is 21.2. The van der Waals surface area contributed by atoms with Crippen molar-refractivity contribution in [3.8, 4) is 23.0 Å². The molecule has 5 rings (SSSR count). The van der Waals surface area contributed by atoms with Crippen LogP contribution in [0, 0.1) is 11.8 Å². The summed E-state index contributed by atoms with van der Waals surface area (Å²) in [5.41, 5.74) is 5.26. The van der Waals surface area contributed by atoms with Crippen molar-refractivity contribution in [2.24, 2.45) is 0 Å². The number of nitrogens with zero attached hydrogens (tertiary/aromatic N) is 3. The number of pyridine rings is 1. The molecular weight excluding hydrogens is 414 g/mol. The Kier molecular flexibility index (Phi) is 6.44. The predicted molar refractivity (Wildman–Crippen MR) is 133 cm³/mol. The smallest absolute Gasteiger partial charge is 0.113 e. The molecule has 3 nitrogen and oxygen atoms in total. The van der Waals surface area contributed by atoms with Gasteiger partial charge in [0, 0.05) is 47.2 Å². The van der Waals surface area contributed by atoms with Gasteiger partial charge in [-0.15, -0.1) is 0 Å². The van der Waals surface area contributed by atoms with E-state index in [0.29, 0.717) is 0 Å². The number of rotatable bonds is 3. The Hall–Kier alpha value is -2.80. The topological polar surface area (TPSA) is 19.4 Å². The lowest BCUT2D eigenvalue weighted by atomic mass is 10.1. The molecule has 2 aromatic carbocycles. The van der Waals surface area contributed by atoms with Gasteiger partial charge in [-0.25, -0.2) is 4.98 Å². The van der Waals surface area contributed by atoms with Crippen LogP contribution in [0.2, 0.25) is 5.02 Å². The second-order valence-electron chi connectivity index (χ2n) is 8.72. The molecule has 0 aliphatic carbocycles. The van der Waals surface area contributed by atoms with E-state index in [0.717, 1.165) is 46.5 Å². The van der Waals surface area contributed by atoms with Crippen molar-refractivity contribution in [1.29, 1.82) is 0 Å². The summed E-state index contributed by atoms with van der Waals surface area (Å²) in [6.45, 7) is 4.86. The van der Waals surface area contributed by atoms with Crippen LogP contribution >= 0.6 is 11.6 Å². The Labute approximate surface area is 196 Å². The molecule has 2 aliphatic heterocycles. The fraction of sp³-hybridized carbons (Fsp3) is 0.321. The van der Waals surface area contributed by atoms with Gasteiger partial charge < -0.3 is 4.90 Å². The minimum absolute atomic E-state index is 0.719. The normalized spacial score (nSPS) is 18.9. The summed E-state index contributed by atoms with van der Waals surface area (Å²) in [7, 11) is 0. The highest BCUT2D eigenvalue weighted by Crippen LogP contribution is 2.25.